The van der Waals surface area contributed by atoms with E-state index in [9.17, 15) is 4.79 Å². The lowest BCUT2D eigenvalue weighted by Gasteiger charge is -2.14. The van der Waals surface area contributed by atoms with Crippen molar-refractivity contribution in [3.05, 3.63) is 36.0 Å². The average Bonchev–Trinajstić information content (AvgIpc) is 2.81. The second-order valence-electron chi connectivity index (χ2n) is 5.08. The van der Waals surface area contributed by atoms with Gasteiger partial charge in [-0.1, -0.05) is 44.4 Å². The van der Waals surface area contributed by atoms with Gasteiger partial charge in [0, 0.05) is 17.1 Å². The number of carbonyl (C=O) groups is 1. The number of H-pyrrole nitrogens is 1. The summed E-state index contributed by atoms with van der Waals surface area (Å²) in [5.74, 6) is -0.605. The third-order valence-corrected chi connectivity index (χ3v) is 3.64. The molecule has 1 heterocycles. The predicted molar refractivity (Wildman–Crippen MR) is 77.4 cm³/mol. The largest absolute Gasteiger partial charge is 0.481 e. The summed E-state index contributed by atoms with van der Waals surface area (Å²) in [4.78, 5) is 14.3. The van der Waals surface area contributed by atoms with Gasteiger partial charge >= 0.3 is 5.97 Å². The number of carboxylic acid groups (broad SMARTS) is 1. The molecule has 1 unspecified atom stereocenters. The van der Waals surface area contributed by atoms with Crippen LogP contribution in [0.2, 0.25) is 0 Å². The number of hydrogen-bond acceptors (Lipinski definition) is 1. The molecular formula is C16H21NO2. The first kappa shape index (κ1) is 13.7. The number of para-hydroxylation sites is 1. The monoisotopic (exact) mass is 259 g/mol. The van der Waals surface area contributed by atoms with Crippen molar-refractivity contribution in [3.8, 4) is 0 Å². The first-order chi connectivity index (χ1) is 9.22. The van der Waals surface area contributed by atoms with Crippen LogP contribution in [0, 0.1) is 0 Å². The summed E-state index contributed by atoms with van der Waals surface area (Å²) in [6, 6.07) is 8.09. The number of hydrogen-bond donors (Lipinski definition) is 2. The zero-order valence-corrected chi connectivity index (χ0v) is 11.4. The summed E-state index contributed by atoms with van der Waals surface area (Å²) in [5.41, 5.74) is 2.23. The zero-order valence-electron chi connectivity index (χ0n) is 11.4. The van der Waals surface area contributed by atoms with Gasteiger partial charge in [0.05, 0.1) is 6.42 Å². The molecule has 0 fully saturated rings. The fourth-order valence-electron chi connectivity index (χ4n) is 2.65. The molecule has 1 aromatic heterocycles. The molecule has 0 aliphatic rings. The van der Waals surface area contributed by atoms with Crippen molar-refractivity contribution in [2.45, 2.75) is 44.9 Å². The Bertz CT molecular complexity index is 544. The van der Waals surface area contributed by atoms with Crippen molar-refractivity contribution in [3.63, 3.8) is 0 Å². The Kier molecular flexibility index (Phi) is 4.61. The van der Waals surface area contributed by atoms with Crippen LogP contribution in [-0.4, -0.2) is 16.1 Å². The summed E-state index contributed by atoms with van der Waals surface area (Å²) in [6.07, 6.45) is 6.55. The number of rotatable bonds is 7. The van der Waals surface area contributed by atoms with E-state index in [1.165, 1.54) is 6.42 Å². The molecule has 2 rings (SSSR count). The molecule has 2 aromatic rings. The van der Waals surface area contributed by atoms with Gasteiger partial charge in [0.2, 0.25) is 0 Å². The molecule has 1 aromatic carbocycles. The smallest absolute Gasteiger partial charge is 0.303 e. The van der Waals surface area contributed by atoms with E-state index in [0.29, 0.717) is 0 Å². The number of aromatic amines is 1. The van der Waals surface area contributed by atoms with Crippen LogP contribution in [-0.2, 0) is 4.79 Å². The van der Waals surface area contributed by atoms with Gasteiger partial charge in [0.1, 0.15) is 0 Å². The molecule has 19 heavy (non-hydrogen) atoms. The van der Waals surface area contributed by atoms with Crippen LogP contribution in [0.25, 0.3) is 10.9 Å². The SMILES string of the molecule is CCCCCC(CC(=O)O)c1c[nH]c2ccccc12. The van der Waals surface area contributed by atoms with E-state index in [1.54, 1.807) is 0 Å². The lowest BCUT2D eigenvalue weighted by atomic mass is 9.90. The molecule has 0 aliphatic heterocycles. The molecule has 3 nitrogen and oxygen atoms in total. The molecule has 3 heteroatoms. The lowest BCUT2D eigenvalue weighted by Crippen LogP contribution is -2.06. The van der Waals surface area contributed by atoms with Crippen LogP contribution in [0.5, 0.6) is 0 Å². The second kappa shape index (κ2) is 6.41. The topological polar surface area (TPSA) is 53.1 Å². The fraction of sp³-hybridized carbons (Fsp3) is 0.438. The van der Waals surface area contributed by atoms with E-state index in [1.807, 2.05) is 24.4 Å². The minimum Gasteiger partial charge on any atom is -0.481 e. The molecule has 0 saturated carbocycles. The van der Waals surface area contributed by atoms with Crippen LogP contribution < -0.4 is 0 Å². The maximum absolute atomic E-state index is 11.1. The Morgan fingerprint density at radius 1 is 1.32 bits per heavy atom. The molecule has 102 valence electrons. The highest BCUT2D eigenvalue weighted by Gasteiger charge is 2.18. The van der Waals surface area contributed by atoms with Crippen molar-refractivity contribution < 1.29 is 9.90 Å². The molecular weight excluding hydrogens is 238 g/mol. The van der Waals surface area contributed by atoms with Crippen LogP contribution in [0.3, 0.4) is 0 Å². The standard InChI is InChI=1S/C16H21NO2/c1-2-3-4-7-12(10-16(18)19)14-11-17-15-9-6-5-8-13(14)15/h5-6,8-9,11-12,17H,2-4,7,10H2,1H3,(H,18,19). The second-order valence-corrected chi connectivity index (χ2v) is 5.08. The van der Waals surface area contributed by atoms with Crippen LogP contribution in [0.4, 0.5) is 0 Å². The Morgan fingerprint density at radius 2 is 2.11 bits per heavy atom. The van der Waals surface area contributed by atoms with Gasteiger partial charge in [0.15, 0.2) is 0 Å². The Labute approximate surface area is 113 Å². The summed E-state index contributed by atoms with van der Waals surface area (Å²) >= 11 is 0. The molecule has 0 bridgehead atoms. The van der Waals surface area contributed by atoms with E-state index < -0.39 is 5.97 Å². The number of unbranched alkanes of at least 4 members (excludes halogenated alkanes) is 2. The highest BCUT2D eigenvalue weighted by Crippen LogP contribution is 2.31. The minimum absolute atomic E-state index is 0.111. The quantitative estimate of drug-likeness (QED) is 0.728. The van der Waals surface area contributed by atoms with Gasteiger partial charge in [-0.2, -0.15) is 0 Å². The van der Waals surface area contributed by atoms with Crippen LogP contribution in [0.15, 0.2) is 30.5 Å². The first-order valence-electron chi connectivity index (χ1n) is 7.00. The Balaban J connectivity index is 2.23. The van der Waals surface area contributed by atoms with Crippen molar-refractivity contribution in [1.29, 1.82) is 0 Å². The predicted octanol–water partition coefficient (Wildman–Crippen LogP) is 4.31. The third kappa shape index (κ3) is 3.37. The first-order valence-corrected chi connectivity index (χ1v) is 7.00. The molecule has 0 saturated heterocycles. The highest BCUT2D eigenvalue weighted by molar-refractivity contribution is 5.84. The van der Waals surface area contributed by atoms with E-state index in [2.05, 4.69) is 18.0 Å². The van der Waals surface area contributed by atoms with Crippen LogP contribution in [0.1, 0.15) is 50.5 Å². The number of benzene rings is 1. The zero-order chi connectivity index (χ0) is 13.7. The molecule has 1 atom stereocenters. The summed E-state index contributed by atoms with van der Waals surface area (Å²) < 4.78 is 0. The van der Waals surface area contributed by atoms with Gasteiger partial charge < -0.3 is 10.1 Å². The van der Waals surface area contributed by atoms with Gasteiger partial charge in [-0.25, -0.2) is 0 Å². The van der Waals surface area contributed by atoms with Gasteiger partial charge in [-0.05, 0) is 24.0 Å². The van der Waals surface area contributed by atoms with Crippen LogP contribution >= 0.6 is 0 Å². The van der Waals surface area contributed by atoms with E-state index >= 15 is 0 Å². The van der Waals surface area contributed by atoms with Crippen molar-refractivity contribution in [2.24, 2.45) is 0 Å². The molecule has 2 N–H and O–H groups in total. The molecule has 0 amide bonds. The van der Waals surface area contributed by atoms with E-state index in [4.69, 9.17) is 5.11 Å². The van der Waals surface area contributed by atoms with Gasteiger partial charge in [-0.3, -0.25) is 4.79 Å². The minimum atomic E-state index is -0.716. The maximum Gasteiger partial charge on any atom is 0.303 e. The third-order valence-electron chi connectivity index (χ3n) is 3.64. The fourth-order valence-corrected chi connectivity index (χ4v) is 2.65. The Hall–Kier alpha value is -1.77. The normalized spacial score (nSPS) is 12.7. The summed E-state index contributed by atoms with van der Waals surface area (Å²) in [5, 5.41) is 10.3. The van der Waals surface area contributed by atoms with Crippen molar-refractivity contribution in [1.82, 2.24) is 4.98 Å². The number of fused-ring (bicyclic) bond motifs is 1. The molecule has 0 spiro atoms. The highest BCUT2D eigenvalue weighted by atomic mass is 16.4. The lowest BCUT2D eigenvalue weighted by molar-refractivity contribution is -0.137. The Morgan fingerprint density at radius 3 is 2.84 bits per heavy atom. The average molecular weight is 259 g/mol. The molecule has 0 aliphatic carbocycles. The van der Waals surface area contributed by atoms with Gasteiger partial charge in [0.25, 0.3) is 0 Å². The van der Waals surface area contributed by atoms with Crippen molar-refractivity contribution >= 4 is 16.9 Å². The number of aliphatic carboxylic acids is 1. The van der Waals surface area contributed by atoms with Gasteiger partial charge in [-0.15, -0.1) is 0 Å². The van der Waals surface area contributed by atoms with E-state index in [0.717, 1.165) is 35.7 Å². The number of carboxylic acids is 1. The summed E-state index contributed by atoms with van der Waals surface area (Å²) in [6.45, 7) is 2.16. The molecule has 0 radical (unpaired) electrons. The number of nitrogens with one attached hydrogen (secondary N) is 1. The number of aromatic nitrogens is 1. The van der Waals surface area contributed by atoms with E-state index in [-0.39, 0.29) is 12.3 Å². The summed E-state index contributed by atoms with van der Waals surface area (Å²) in [7, 11) is 0. The van der Waals surface area contributed by atoms with Crippen molar-refractivity contribution in [2.75, 3.05) is 0 Å². The maximum atomic E-state index is 11.1.